The first-order valence-corrected chi connectivity index (χ1v) is 12.5. The number of ether oxygens (including phenoxy) is 2. The van der Waals surface area contributed by atoms with Gasteiger partial charge in [0.1, 0.15) is 6.33 Å². The Labute approximate surface area is 227 Å². The van der Waals surface area contributed by atoms with Crippen LogP contribution in [-0.2, 0) is 21.1 Å². The summed E-state index contributed by atoms with van der Waals surface area (Å²) in [5, 5.41) is 4.86. The molecule has 2 amide bonds. The van der Waals surface area contributed by atoms with Crippen molar-refractivity contribution in [2.75, 3.05) is 31.0 Å². The van der Waals surface area contributed by atoms with Gasteiger partial charge in [0.2, 0.25) is 11.8 Å². The number of aryl methyl sites for hydroxylation is 1. The average molecular weight is 563 g/mol. The number of rotatable bonds is 10. The fourth-order valence-corrected chi connectivity index (χ4v) is 4.17. The van der Waals surface area contributed by atoms with Crippen molar-refractivity contribution in [3.8, 4) is 5.88 Å². The molecule has 1 aromatic heterocycles. The summed E-state index contributed by atoms with van der Waals surface area (Å²) in [6.45, 7) is 2.72. The molecule has 1 saturated carbocycles. The zero-order valence-corrected chi connectivity index (χ0v) is 21.9. The Bertz CT molecular complexity index is 1380. The Morgan fingerprint density at radius 2 is 1.82 bits per heavy atom. The molecular weight excluding hydrogens is 537 g/mol. The van der Waals surface area contributed by atoms with Crippen molar-refractivity contribution in [1.82, 2.24) is 9.97 Å². The lowest BCUT2D eigenvalue weighted by Gasteiger charge is -2.17. The van der Waals surface area contributed by atoms with Gasteiger partial charge in [0.15, 0.2) is 0 Å². The SMILES string of the molecule is COCCCOc1cc(C2(C(=O)Nc3cc(C(=O)Nc4ccc(Cl)c(C(F)(F)F)c4)ccc3C)CC2)ncn1. The third-order valence-electron chi connectivity index (χ3n) is 6.34. The number of halogens is 4. The molecule has 2 aromatic carbocycles. The molecule has 0 bridgehead atoms. The van der Waals surface area contributed by atoms with E-state index in [0.717, 1.165) is 12.1 Å². The summed E-state index contributed by atoms with van der Waals surface area (Å²) in [7, 11) is 1.61. The van der Waals surface area contributed by atoms with Crippen molar-refractivity contribution < 1.29 is 32.2 Å². The maximum atomic E-state index is 13.3. The number of benzene rings is 2. The number of nitrogens with zero attached hydrogens (tertiary/aromatic N) is 2. The van der Waals surface area contributed by atoms with E-state index in [1.54, 1.807) is 26.2 Å². The van der Waals surface area contributed by atoms with Gasteiger partial charge in [0.05, 0.1) is 28.3 Å². The lowest BCUT2D eigenvalue weighted by Crippen LogP contribution is -2.29. The second-order valence-corrected chi connectivity index (χ2v) is 9.56. The Morgan fingerprint density at radius 1 is 1.05 bits per heavy atom. The third kappa shape index (κ3) is 6.66. The molecule has 8 nitrogen and oxygen atoms in total. The van der Waals surface area contributed by atoms with Gasteiger partial charge in [-0.1, -0.05) is 17.7 Å². The van der Waals surface area contributed by atoms with Crippen molar-refractivity contribution in [2.45, 2.75) is 37.8 Å². The standard InChI is InChI=1S/C27H26ClF3N4O4/c1-16-4-5-17(24(36)34-18-6-7-20(28)19(13-18)27(29,30)31)12-21(16)35-25(37)26(8-9-26)22-14-23(33-15-32-22)39-11-3-10-38-2/h4-7,12-15H,3,8-11H2,1-2H3,(H,34,36)(H,35,37). The number of methoxy groups -OCH3 is 1. The number of carbonyl (C=O) groups is 2. The number of hydrogen-bond acceptors (Lipinski definition) is 6. The summed E-state index contributed by atoms with van der Waals surface area (Å²) in [6.07, 6.45) is -1.47. The molecule has 4 rings (SSSR count). The second kappa shape index (κ2) is 11.6. The number of hydrogen-bond donors (Lipinski definition) is 2. The van der Waals surface area contributed by atoms with Crippen molar-refractivity contribution in [1.29, 1.82) is 0 Å². The molecule has 0 radical (unpaired) electrons. The second-order valence-electron chi connectivity index (χ2n) is 9.15. The van der Waals surface area contributed by atoms with Crippen LogP contribution in [0.4, 0.5) is 24.5 Å². The average Bonchev–Trinajstić information content (AvgIpc) is 3.71. The third-order valence-corrected chi connectivity index (χ3v) is 6.67. The maximum Gasteiger partial charge on any atom is 0.417 e. The van der Waals surface area contributed by atoms with E-state index in [0.29, 0.717) is 55.3 Å². The van der Waals surface area contributed by atoms with Gasteiger partial charge in [-0.05, 0) is 55.7 Å². The van der Waals surface area contributed by atoms with Crippen molar-refractivity contribution in [3.63, 3.8) is 0 Å². The molecule has 0 spiro atoms. The summed E-state index contributed by atoms with van der Waals surface area (Å²) in [6, 6.07) is 9.40. The van der Waals surface area contributed by atoms with E-state index in [-0.39, 0.29) is 17.2 Å². The van der Waals surface area contributed by atoms with Gasteiger partial charge in [0.25, 0.3) is 5.91 Å². The lowest BCUT2D eigenvalue weighted by atomic mass is 10.00. The molecular formula is C27H26ClF3N4O4. The monoisotopic (exact) mass is 562 g/mol. The van der Waals surface area contributed by atoms with E-state index < -0.39 is 28.1 Å². The van der Waals surface area contributed by atoms with Crippen molar-refractivity contribution in [3.05, 3.63) is 76.2 Å². The molecule has 1 fully saturated rings. The topological polar surface area (TPSA) is 102 Å². The van der Waals surface area contributed by atoms with Gasteiger partial charge in [-0.3, -0.25) is 9.59 Å². The first-order chi connectivity index (χ1) is 18.5. The maximum absolute atomic E-state index is 13.3. The van der Waals surface area contributed by atoms with Gasteiger partial charge in [-0.25, -0.2) is 9.97 Å². The van der Waals surface area contributed by atoms with Crippen LogP contribution in [0.15, 0.2) is 48.8 Å². The zero-order valence-electron chi connectivity index (χ0n) is 21.2. The fraction of sp³-hybridized carbons (Fsp3) is 0.333. The molecule has 1 aliphatic carbocycles. The first-order valence-electron chi connectivity index (χ1n) is 12.1. The summed E-state index contributed by atoms with van der Waals surface area (Å²) in [5.41, 5.74) is -0.187. The molecule has 2 N–H and O–H groups in total. The van der Waals surface area contributed by atoms with E-state index in [9.17, 15) is 22.8 Å². The van der Waals surface area contributed by atoms with E-state index >= 15 is 0 Å². The number of alkyl halides is 3. The van der Waals surface area contributed by atoms with Gasteiger partial charge in [0, 0.05) is 43.1 Å². The Balaban J connectivity index is 1.47. The predicted molar refractivity (Wildman–Crippen MR) is 139 cm³/mol. The van der Waals surface area contributed by atoms with Crippen LogP contribution in [0.3, 0.4) is 0 Å². The molecule has 0 unspecified atom stereocenters. The Morgan fingerprint density at radius 3 is 2.51 bits per heavy atom. The summed E-state index contributed by atoms with van der Waals surface area (Å²) in [5.74, 6) is -0.575. The highest BCUT2D eigenvalue weighted by atomic mass is 35.5. The van der Waals surface area contributed by atoms with Gasteiger partial charge in [-0.15, -0.1) is 0 Å². The van der Waals surface area contributed by atoms with Crippen LogP contribution in [0.25, 0.3) is 0 Å². The van der Waals surface area contributed by atoms with Crippen LogP contribution in [0.1, 0.15) is 46.4 Å². The van der Waals surface area contributed by atoms with Crippen LogP contribution >= 0.6 is 11.6 Å². The predicted octanol–water partition coefficient (Wildman–Crippen LogP) is 5.80. The Hall–Kier alpha value is -3.70. The molecule has 12 heteroatoms. The molecule has 0 saturated heterocycles. The largest absolute Gasteiger partial charge is 0.477 e. The van der Waals surface area contributed by atoms with Gasteiger partial charge in [-0.2, -0.15) is 13.2 Å². The number of amides is 2. The minimum absolute atomic E-state index is 0.0659. The first kappa shape index (κ1) is 28.3. The highest BCUT2D eigenvalue weighted by Gasteiger charge is 2.53. The summed E-state index contributed by atoms with van der Waals surface area (Å²) in [4.78, 5) is 34.6. The fourth-order valence-electron chi connectivity index (χ4n) is 3.95. The molecule has 1 heterocycles. The van der Waals surface area contributed by atoms with E-state index in [4.69, 9.17) is 21.1 Å². The number of anilines is 2. The smallest absolute Gasteiger partial charge is 0.417 e. The van der Waals surface area contributed by atoms with Crippen molar-refractivity contribution in [2.24, 2.45) is 0 Å². The minimum atomic E-state index is -4.67. The van der Waals surface area contributed by atoms with Crippen LogP contribution in [0.5, 0.6) is 5.88 Å². The molecule has 1 aliphatic rings. The molecule has 206 valence electrons. The lowest BCUT2D eigenvalue weighted by molar-refractivity contribution is -0.137. The van der Waals surface area contributed by atoms with E-state index in [1.807, 2.05) is 0 Å². The van der Waals surface area contributed by atoms with E-state index in [2.05, 4.69) is 20.6 Å². The number of aromatic nitrogens is 2. The van der Waals surface area contributed by atoms with Crippen molar-refractivity contribution >= 4 is 34.8 Å². The van der Waals surface area contributed by atoms with Crippen LogP contribution in [-0.4, -0.2) is 42.1 Å². The number of nitrogens with one attached hydrogen (secondary N) is 2. The quantitative estimate of drug-likeness (QED) is 0.303. The molecule has 0 aliphatic heterocycles. The van der Waals surface area contributed by atoms with Crippen LogP contribution in [0.2, 0.25) is 5.02 Å². The summed E-state index contributed by atoms with van der Waals surface area (Å²) < 4.78 is 50.2. The molecule has 39 heavy (non-hydrogen) atoms. The van der Waals surface area contributed by atoms with Crippen LogP contribution in [0, 0.1) is 6.92 Å². The van der Waals surface area contributed by atoms with Gasteiger partial charge < -0.3 is 20.1 Å². The minimum Gasteiger partial charge on any atom is -0.477 e. The van der Waals surface area contributed by atoms with Gasteiger partial charge >= 0.3 is 6.18 Å². The zero-order chi connectivity index (χ0) is 28.2. The van der Waals surface area contributed by atoms with E-state index in [1.165, 1.54) is 24.5 Å². The van der Waals surface area contributed by atoms with Crippen LogP contribution < -0.4 is 15.4 Å². The summed E-state index contributed by atoms with van der Waals surface area (Å²) >= 11 is 5.66. The molecule has 0 atom stereocenters. The normalized spacial score (nSPS) is 14.0. The Kier molecular flexibility index (Phi) is 8.41. The molecule has 3 aromatic rings. The highest BCUT2D eigenvalue weighted by molar-refractivity contribution is 6.31. The number of carbonyl (C=O) groups excluding carboxylic acids is 2. The highest BCUT2D eigenvalue weighted by Crippen LogP contribution is 2.48.